The van der Waals surface area contributed by atoms with E-state index in [1.807, 2.05) is 0 Å². The molecule has 0 atom stereocenters. The highest BCUT2D eigenvalue weighted by molar-refractivity contribution is 7.69. The fourth-order valence-electron chi connectivity index (χ4n) is 1.59. The molecule has 0 unspecified atom stereocenters. The Balaban J connectivity index is 2.44. The maximum Gasteiger partial charge on any atom is 0.203 e. The van der Waals surface area contributed by atoms with Gasteiger partial charge in [0, 0.05) is 13.1 Å². The lowest BCUT2D eigenvalue weighted by Crippen LogP contribution is -2.31. The van der Waals surface area contributed by atoms with Gasteiger partial charge in [-0.2, -0.15) is 0 Å². The van der Waals surface area contributed by atoms with Crippen molar-refractivity contribution in [2.24, 2.45) is 0 Å². The average molecular weight is 177 g/mol. The second-order valence-corrected chi connectivity index (χ2v) is 4.21. The van der Waals surface area contributed by atoms with Crippen LogP contribution in [0.25, 0.3) is 0 Å². The van der Waals surface area contributed by atoms with Crippen molar-refractivity contribution in [2.75, 3.05) is 7.05 Å². The van der Waals surface area contributed by atoms with E-state index in [2.05, 4.69) is 0 Å². The first kappa shape index (κ1) is 9.00. The highest BCUT2D eigenvalue weighted by atomic mass is 32.2. The van der Waals surface area contributed by atoms with Gasteiger partial charge in [0.1, 0.15) is 0 Å². The van der Waals surface area contributed by atoms with E-state index in [1.165, 1.54) is 23.6 Å². The summed E-state index contributed by atoms with van der Waals surface area (Å²) in [4.78, 5) is 0. The van der Waals surface area contributed by atoms with Gasteiger partial charge in [0.2, 0.25) is 10.9 Å². The molecule has 0 radical (unpaired) electrons. The van der Waals surface area contributed by atoms with Gasteiger partial charge < -0.3 is 0 Å². The van der Waals surface area contributed by atoms with Gasteiger partial charge in [-0.3, -0.25) is 0 Å². The van der Waals surface area contributed by atoms with Crippen LogP contribution in [0.5, 0.6) is 0 Å². The predicted molar refractivity (Wildman–Crippen MR) is 45.0 cm³/mol. The van der Waals surface area contributed by atoms with Crippen LogP contribution < -0.4 is 0 Å². The van der Waals surface area contributed by atoms with Crippen LogP contribution in [0.3, 0.4) is 0 Å². The lowest BCUT2D eigenvalue weighted by atomic mass is 9.96. The van der Waals surface area contributed by atoms with Crippen LogP contribution in [0.4, 0.5) is 0 Å². The fourth-order valence-corrected chi connectivity index (χ4v) is 2.09. The molecule has 0 aromatic heterocycles. The Labute approximate surface area is 69.5 Å². The van der Waals surface area contributed by atoms with Gasteiger partial charge in [-0.25, -0.2) is 12.7 Å². The van der Waals surface area contributed by atoms with Crippen LogP contribution in [0, 0.1) is 0 Å². The van der Waals surface area contributed by atoms with Gasteiger partial charge >= 0.3 is 0 Å². The zero-order valence-corrected chi connectivity index (χ0v) is 7.72. The number of thiol groups is 1. The summed E-state index contributed by atoms with van der Waals surface area (Å²) in [5.41, 5.74) is 0. The van der Waals surface area contributed by atoms with E-state index in [1.54, 1.807) is 7.05 Å². The zero-order chi connectivity index (χ0) is 8.27. The first-order valence-corrected chi connectivity index (χ1v) is 5.22. The number of nitrogens with zero attached hydrogens (tertiary/aromatic N) is 1. The standard InChI is InChI=1S/C7H15NO2S/c1-8(11(9)10)7-5-3-2-4-6-7/h7,11H,2-6H2,1H3. The van der Waals surface area contributed by atoms with E-state index in [0.717, 1.165) is 12.8 Å². The summed E-state index contributed by atoms with van der Waals surface area (Å²) in [6.45, 7) is 0. The summed E-state index contributed by atoms with van der Waals surface area (Å²) in [7, 11) is -0.683. The van der Waals surface area contributed by atoms with E-state index in [0.29, 0.717) is 0 Å². The summed E-state index contributed by atoms with van der Waals surface area (Å²) in [5, 5.41) is 0. The molecule has 1 aliphatic carbocycles. The smallest absolute Gasteiger partial charge is 0.203 e. The first-order valence-electron chi connectivity index (χ1n) is 4.09. The van der Waals surface area contributed by atoms with Gasteiger partial charge in [0.05, 0.1) is 0 Å². The molecule has 0 spiro atoms. The molecule has 0 N–H and O–H groups in total. The fraction of sp³-hybridized carbons (Fsp3) is 1.00. The molecule has 1 aliphatic rings. The minimum absolute atomic E-state index is 0.282. The van der Waals surface area contributed by atoms with E-state index >= 15 is 0 Å². The predicted octanol–water partition coefficient (Wildman–Crippen LogP) is 0.777. The molecule has 0 aliphatic heterocycles. The monoisotopic (exact) mass is 177 g/mol. The molecule has 1 saturated carbocycles. The molecule has 1 rings (SSSR count). The van der Waals surface area contributed by atoms with Crippen LogP contribution in [-0.4, -0.2) is 25.8 Å². The molecule has 4 heteroatoms. The topological polar surface area (TPSA) is 37.4 Å². The van der Waals surface area contributed by atoms with Crippen LogP contribution in [0.1, 0.15) is 32.1 Å². The molecule has 3 nitrogen and oxygen atoms in total. The molecule has 0 bridgehead atoms. The quantitative estimate of drug-likeness (QED) is 0.633. The number of hydrogen-bond donors (Lipinski definition) is 1. The molecule has 0 aromatic rings. The van der Waals surface area contributed by atoms with Crippen LogP contribution in [0.15, 0.2) is 0 Å². The number of rotatable bonds is 2. The molecule has 1 fully saturated rings. The molecule has 11 heavy (non-hydrogen) atoms. The third-order valence-electron chi connectivity index (χ3n) is 2.36. The molecular weight excluding hydrogens is 162 g/mol. The zero-order valence-electron chi connectivity index (χ0n) is 6.82. The van der Waals surface area contributed by atoms with Crippen LogP contribution in [-0.2, 0) is 10.9 Å². The molecule has 66 valence electrons. The van der Waals surface area contributed by atoms with Crippen molar-refractivity contribution in [3.63, 3.8) is 0 Å². The normalized spacial score (nSPS) is 21.4. The Morgan fingerprint density at radius 1 is 1.18 bits per heavy atom. The van der Waals surface area contributed by atoms with Gasteiger partial charge in [-0.1, -0.05) is 19.3 Å². The van der Waals surface area contributed by atoms with E-state index in [-0.39, 0.29) is 6.04 Å². The Bertz CT molecular complexity index is 177. The minimum Gasteiger partial charge on any atom is -0.215 e. The Morgan fingerprint density at radius 3 is 2.18 bits per heavy atom. The van der Waals surface area contributed by atoms with E-state index < -0.39 is 10.9 Å². The number of hydrogen-bond acceptors (Lipinski definition) is 2. The van der Waals surface area contributed by atoms with Crippen LogP contribution >= 0.6 is 0 Å². The average Bonchev–Trinajstić information content (AvgIpc) is 2.05. The molecule has 0 heterocycles. The van der Waals surface area contributed by atoms with Gasteiger partial charge in [-0.15, -0.1) is 0 Å². The van der Waals surface area contributed by atoms with Crippen molar-refractivity contribution >= 4 is 10.9 Å². The highest BCUT2D eigenvalue weighted by Crippen LogP contribution is 2.21. The minimum atomic E-state index is -2.35. The molecular formula is C7H15NO2S. The van der Waals surface area contributed by atoms with Crippen molar-refractivity contribution in [1.29, 1.82) is 0 Å². The van der Waals surface area contributed by atoms with E-state index in [9.17, 15) is 8.42 Å². The summed E-state index contributed by atoms with van der Waals surface area (Å²) in [6.07, 6.45) is 5.70. The summed E-state index contributed by atoms with van der Waals surface area (Å²) < 4.78 is 22.6. The summed E-state index contributed by atoms with van der Waals surface area (Å²) >= 11 is 0. The SMILES string of the molecule is CN(C1CCCCC1)[SH](=O)=O. The van der Waals surface area contributed by atoms with Gasteiger partial charge in [-0.05, 0) is 12.8 Å². The van der Waals surface area contributed by atoms with Crippen LogP contribution in [0.2, 0.25) is 0 Å². The Morgan fingerprint density at radius 2 is 1.73 bits per heavy atom. The lowest BCUT2D eigenvalue weighted by Gasteiger charge is -2.26. The lowest BCUT2D eigenvalue weighted by molar-refractivity contribution is 0.292. The largest absolute Gasteiger partial charge is 0.215 e. The van der Waals surface area contributed by atoms with Crippen molar-refractivity contribution in [3.8, 4) is 0 Å². The maximum absolute atomic E-state index is 10.6. The highest BCUT2D eigenvalue weighted by Gasteiger charge is 2.18. The first-order chi connectivity index (χ1) is 5.22. The van der Waals surface area contributed by atoms with Crippen molar-refractivity contribution in [1.82, 2.24) is 4.31 Å². The third-order valence-corrected chi connectivity index (χ3v) is 3.20. The van der Waals surface area contributed by atoms with Gasteiger partial charge in [0.15, 0.2) is 0 Å². The van der Waals surface area contributed by atoms with Crippen molar-refractivity contribution in [2.45, 2.75) is 38.1 Å². The molecule has 0 aromatic carbocycles. The van der Waals surface area contributed by atoms with E-state index in [4.69, 9.17) is 0 Å². The van der Waals surface area contributed by atoms with Crippen molar-refractivity contribution in [3.05, 3.63) is 0 Å². The Hall–Kier alpha value is -0.0900. The van der Waals surface area contributed by atoms with Crippen molar-refractivity contribution < 1.29 is 8.42 Å². The second-order valence-electron chi connectivity index (χ2n) is 3.10. The molecule has 0 amide bonds. The molecule has 0 saturated heterocycles. The summed E-state index contributed by atoms with van der Waals surface area (Å²) in [5.74, 6) is 0. The Kier molecular flexibility index (Phi) is 3.33. The summed E-state index contributed by atoms with van der Waals surface area (Å²) in [6, 6.07) is 0.282. The second kappa shape index (κ2) is 4.07. The third kappa shape index (κ3) is 2.45. The maximum atomic E-state index is 10.6. The van der Waals surface area contributed by atoms with Gasteiger partial charge in [0.25, 0.3) is 0 Å².